The molecule has 0 fully saturated rings. The number of fused-ring (bicyclic) bond motifs is 1. The topological polar surface area (TPSA) is 69.5 Å². The molecule has 160 valence electrons. The van der Waals surface area contributed by atoms with E-state index in [4.69, 9.17) is 18.9 Å². The molecule has 6 nitrogen and oxygen atoms in total. The fraction of sp³-hybridized carbons (Fsp3) is 0.522. The van der Waals surface area contributed by atoms with Crippen LogP contribution in [0.5, 0.6) is 23.0 Å². The monoisotopic (exact) mass is 403 g/mol. The third kappa shape index (κ3) is 5.05. The van der Waals surface area contributed by atoms with Crippen LogP contribution >= 0.6 is 0 Å². The predicted octanol–water partition coefficient (Wildman–Crippen LogP) is 5.80. The first-order valence-electron chi connectivity index (χ1n) is 10.2. The van der Waals surface area contributed by atoms with Gasteiger partial charge >= 0.3 is 0 Å². The van der Waals surface area contributed by atoms with Gasteiger partial charge in [0.1, 0.15) is 23.0 Å². The van der Waals surface area contributed by atoms with Crippen LogP contribution in [-0.2, 0) is 0 Å². The van der Waals surface area contributed by atoms with Gasteiger partial charge in [-0.05, 0) is 31.0 Å². The molecule has 2 aromatic carbocycles. The molecular weight excluding hydrogens is 370 g/mol. The fourth-order valence-corrected chi connectivity index (χ4v) is 3.68. The first kappa shape index (κ1) is 22.7. The van der Waals surface area contributed by atoms with Crippen LogP contribution in [0, 0.1) is 0 Å². The molecule has 2 aromatic rings. The first-order valence-corrected chi connectivity index (χ1v) is 10.2. The highest BCUT2D eigenvalue weighted by Crippen LogP contribution is 2.46. The molecule has 0 saturated heterocycles. The van der Waals surface area contributed by atoms with Gasteiger partial charge < -0.3 is 24.2 Å². The van der Waals surface area contributed by atoms with Crippen molar-refractivity contribution in [2.24, 2.45) is 5.16 Å². The molecular formula is C23H33NO5. The molecule has 29 heavy (non-hydrogen) atoms. The maximum Gasteiger partial charge on any atom is 0.140 e. The third-order valence-electron chi connectivity index (χ3n) is 5.19. The number of hydrogen-bond acceptors (Lipinski definition) is 6. The number of oxime groups is 1. The van der Waals surface area contributed by atoms with Crippen molar-refractivity contribution >= 4 is 16.5 Å². The first-order chi connectivity index (χ1) is 14.2. The molecule has 0 atom stereocenters. The normalized spacial score (nSPS) is 11.6. The molecule has 0 radical (unpaired) electrons. The summed E-state index contributed by atoms with van der Waals surface area (Å²) in [5.74, 6) is 2.47. The van der Waals surface area contributed by atoms with Crippen LogP contribution in [0.1, 0.15) is 57.4 Å². The number of nitrogens with zero attached hydrogens (tertiary/aromatic N) is 1. The molecule has 6 heteroatoms. The molecule has 0 bridgehead atoms. The lowest BCUT2D eigenvalue weighted by Gasteiger charge is -2.19. The zero-order valence-electron chi connectivity index (χ0n) is 18.2. The lowest BCUT2D eigenvalue weighted by molar-refractivity contribution is 0.317. The summed E-state index contributed by atoms with van der Waals surface area (Å²) in [6.45, 7) is 2.21. The Kier molecular flexibility index (Phi) is 8.90. The van der Waals surface area contributed by atoms with E-state index in [1.54, 1.807) is 28.4 Å². The zero-order chi connectivity index (χ0) is 21.2. The minimum absolute atomic E-state index is 0.572. The maximum absolute atomic E-state index is 9.74. The minimum atomic E-state index is 0.572. The molecule has 2 rings (SSSR count). The Bertz CT molecular complexity index is 832. The second-order valence-electron chi connectivity index (χ2n) is 6.94. The van der Waals surface area contributed by atoms with Gasteiger partial charge in [0, 0.05) is 5.56 Å². The van der Waals surface area contributed by atoms with Crippen molar-refractivity contribution in [3.05, 3.63) is 23.8 Å². The van der Waals surface area contributed by atoms with Gasteiger partial charge in [-0.3, -0.25) is 0 Å². The van der Waals surface area contributed by atoms with Crippen LogP contribution in [0.3, 0.4) is 0 Å². The Hall–Kier alpha value is -2.63. The molecule has 0 saturated carbocycles. The van der Waals surface area contributed by atoms with Crippen molar-refractivity contribution in [2.75, 3.05) is 28.4 Å². The quantitative estimate of drug-likeness (QED) is 0.210. The number of unbranched alkanes of at least 4 members (excludes halogenated alkanes) is 5. The van der Waals surface area contributed by atoms with Gasteiger partial charge in [0.25, 0.3) is 0 Å². The Morgan fingerprint density at radius 3 is 1.93 bits per heavy atom. The Labute approximate surface area is 173 Å². The minimum Gasteiger partial charge on any atom is -0.496 e. The van der Waals surface area contributed by atoms with E-state index < -0.39 is 0 Å². The summed E-state index contributed by atoms with van der Waals surface area (Å²) in [7, 11) is 6.42. The summed E-state index contributed by atoms with van der Waals surface area (Å²) in [4.78, 5) is 0. The van der Waals surface area contributed by atoms with Crippen molar-refractivity contribution in [1.82, 2.24) is 0 Å². The number of rotatable bonds is 12. The molecule has 0 amide bonds. The molecule has 1 N–H and O–H groups in total. The molecule has 0 aliphatic carbocycles. The van der Waals surface area contributed by atoms with Crippen molar-refractivity contribution < 1.29 is 24.2 Å². The number of benzene rings is 2. The average Bonchev–Trinajstić information content (AvgIpc) is 2.76. The van der Waals surface area contributed by atoms with Crippen LogP contribution in [0.4, 0.5) is 0 Å². The summed E-state index contributed by atoms with van der Waals surface area (Å²) in [5, 5.41) is 14.8. The predicted molar refractivity (Wildman–Crippen MR) is 116 cm³/mol. The largest absolute Gasteiger partial charge is 0.496 e. The van der Waals surface area contributed by atoms with Crippen LogP contribution < -0.4 is 18.9 Å². The van der Waals surface area contributed by atoms with E-state index in [1.165, 1.54) is 25.7 Å². The van der Waals surface area contributed by atoms with Crippen LogP contribution in [-0.4, -0.2) is 39.4 Å². The van der Waals surface area contributed by atoms with E-state index in [9.17, 15) is 5.21 Å². The molecule has 0 aliphatic rings. The Morgan fingerprint density at radius 2 is 1.38 bits per heavy atom. The van der Waals surface area contributed by atoms with Gasteiger partial charge in [-0.15, -0.1) is 0 Å². The van der Waals surface area contributed by atoms with E-state index in [2.05, 4.69) is 12.1 Å². The van der Waals surface area contributed by atoms with Gasteiger partial charge in [-0.1, -0.05) is 44.2 Å². The van der Waals surface area contributed by atoms with Crippen molar-refractivity contribution in [3.63, 3.8) is 0 Å². The van der Waals surface area contributed by atoms with Crippen LogP contribution in [0.15, 0.2) is 23.4 Å². The Balaban J connectivity index is 2.49. The van der Waals surface area contributed by atoms with Crippen molar-refractivity contribution in [2.45, 2.75) is 51.9 Å². The summed E-state index contributed by atoms with van der Waals surface area (Å²) in [5.41, 5.74) is 1.27. The van der Waals surface area contributed by atoms with E-state index in [1.807, 2.05) is 18.2 Å². The lowest BCUT2D eigenvalue weighted by Crippen LogP contribution is -2.07. The molecule has 0 aromatic heterocycles. The molecule has 0 aliphatic heterocycles. The summed E-state index contributed by atoms with van der Waals surface area (Å²) in [6, 6.07) is 5.51. The van der Waals surface area contributed by atoms with Crippen molar-refractivity contribution in [1.29, 1.82) is 0 Å². The highest BCUT2D eigenvalue weighted by Gasteiger charge is 2.23. The van der Waals surface area contributed by atoms with Gasteiger partial charge in [-0.25, -0.2) is 0 Å². The standard InChI is InChI=1S/C23H33NO5/c1-6-7-8-9-10-11-12-17(24-25)16-15-20(28-4)21-18(26-2)13-14-19(27-3)22(21)23(16)29-5/h13-15,25H,6-12H2,1-5H3. The molecule has 0 heterocycles. The fourth-order valence-electron chi connectivity index (χ4n) is 3.68. The van der Waals surface area contributed by atoms with Gasteiger partial charge in [0.15, 0.2) is 0 Å². The smallest absolute Gasteiger partial charge is 0.140 e. The van der Waals surface area contributed by atoms with Crippen LogP contribution in [0.25, 0.3) is 10.8 Å². The van der Waals surface area contributed by atoms with E-state index in [-0.39, 0.29) is 0 Å². The number of ether oxygens (including phenoxy) is 4. The van der Waals surface area contributed by atoms with E-state index in [0.717, 1.165) is 23.6 Å². The molecule has 0 spiro atoms. The van der Waals surface area contributed by atoms with Gasteiger partial charge in [0.2, 0.25) is 0 Å². The highest BCUT2D eigenvalue weighted by atomic mass is 16.5. The summed E-state index contributed by atoms with van der Waals surface area (Å²) < 4.78 is 22.5. The molecule has 0 unspecified atom stereocenters. The zero-order valence-corrected chi connectivity index (χ0v) is 18.2. The van der Waals surface area contributed by atoms with Crippen LogP contribution in [0.2, 0.25) is 0 Å². The van der Waals surface area contributed by atoms with Gasteiger partial charge in [-0.2, -0.15) is 0 Å². The average molecular weight is 404 g/mol. The van der Waals surface area contributed by atoms with E-state index >= 15 is 0 Å². The highest BCUT2D eigenvalue weighted by molar-refractivity contribution is 6.12. The summed E-state index contributed by atoms with van der Waals surface area (Å²) in [6.07, 6.45) is 7.62. The van der Waals surface area contributed by atoms with E-state index in [0.29, 0.717) is 40.7 Å². The van der Waals surface area contributed by atoms with Crippen molar-refractivity contribution in [3.8, 4) is 23.0 Å². The third-order valence-corrected chi connectivity index (χ3v) is 5.19. The maximum atomic E-state index is 9.74. The number of methoxy groups -OCH3 is 4. The second-order valence-corrected chi connectivity index (χ2v) is 6.94. The Morgan fingerprint density at radius 1 is 0.793 bits per heavy atom. The second kappa shape index (κ2) is 11.4. The van der Waals surface area contributed by atoms with Gasteiger partial charge in [0.05, 0.1) is 44.9 Å². The lowest BCUT2D eigenvalue weighted by atomic mass is 9.96. The SMILES string of the molecule is CCCCCCCCC(=NO)c1cc(OC)c2c(OC)ccc(OC)c2c1OC. The number of hydrogen-bond donors (Lipinski definition) is 1. The summed E-state index contributed by atoms with van der Waals surface area (Å²) >= 11 is 0.